The van der Waals surface area contributed by atoms with Crippen LogP contribution < -0.4 is 0 Å². The molecule has 0 amide bonds. The Bertz CT molecular complexity index is 476. The molecule has 2 aromatic heterocycles. The van der Waals surface area contributed by atoms with Crippen molar-refractivity contribution >= 4 is 44.2 Å². The van der Waals surface area contributed by atoms with Crippen LogP contribution in [0.25, 0.3) is 5.65 Å². The van der Waals surface area contributed by atoms with Gasteiger partial charge in [0.15, 0.2) is 5.65 Å². The smallest absolute Gasteiger partial charge is 0.152 e. The second-order valence-corrected chi connectivity index (χ2v) is 4.92. The molecule has 0 aliphatic carbocycles. The van der Waals surface area contributed by atoms with Crippen LogP contribution >= 0.6 is 38.5 Å². The van der Waals surface area contributed by atoms with Crippen molar-refractivity contribution in [1.29, 1.82) is 0 Å². The molecule has 0 aliphatic rings. The fourth-order valence-corrected chi connectivity index (χ4v) is 2.45. The summed E-state index contributed by atoms with van der Waals surface area (Å²) in [6, 6.07) is 2.08. The molecule has 0 unspecified atom stereocenters. The van der Waals surface area contributed by atoms with Gasteiger partial charge in [-0.1, -0.05) is 0 Å². The lowest BCUT2D eigenvalue weighted by molar-refractivity contribution is 1.11. The molecule has 2 aromatic rings. The van der Waals surface area contributed by atoms with Gasteiger partial charge in [0.05, 0.1) is 10.2 Å². The largest absolute Gasteiger partial charge is 0.294 e. The maximum absolute atomic E-state index is 4.46. The summed E-state index contributed by atoms with van der Waals surface area (Å²) in [6.45, 7) is 4.10. The average molecular weight is 351 g/mol. The molecule has 68 valence electrons. The Morgan fingerprint density at radius 1 is 1.46 bits per heavy atom. The lowest BCUT2D eigenvalue weighted by Crippen LogP contribution is -1.89. The van der Waals surface area contributed by atoms with Gasteiger partial charge in [-0.05, 0) is 64.0 Å². The van der Waals surface area contributed by atoms with E-state index in [1.165, 1.54) is 9.26 Å². The van der Waals surface area contributed by atoms with E-state index in [0.29, 0.717) is 0 Å². The number of nitrogens with zero attached hydrogens (tertiary/aromatic N) is 2. The van der Waals surface area contributed by atoms with Crippen LogP contribution in [-0.4, -0.2) is 9.38 Å². The zero-order valence-corrected chi connectivity index (χ0v) is 11.0. The van der Waals surface area contributed by atoms with E-state index < -0.39 is 0 Å². The molecular formula is C9H8BrIN2. The molecule has 13 heavy (non-hydrogen) atoms. The molecule has 0 N–H and O–H groups in total. The van der Waals surface area contributed by atoms with Gasteiger partial charge in [-0.3, -0.25) is 4.40 Å². The summed E-state index contributed by atoms with van der Waals surface area (Å²) >= 11 is 5.82. The zero-order chi connectivity index (χ0) is 9.59. The van der Waals surface area contributed by atoms with Gasteiger partial charge in [-0.2, -0.15) is 0 Å². The van der Waals surface area contributed by atoms with Crippen molar-refractivity contribution in [2.45, 2.75) is 13.8 Å². The van der Waals surface area contributed by atoms with E-state index in [2.05, 4.69) is 67.1 Å². The van der Waals surface area contributed by atoms with Gasteiger partial charge < -0.3 is 0 Å². The van der Waals surface area contributed by atoms with Crippen LogP contribution in [0.1, 0.15) is 11.3 Å². The van der Waals surface area contributed by atoms with Gasteiger partial charge in [0.2, 0.25) is 0 Å². The van der Waals surface area contributed by atoms with Crippen molar-refractivity contribution < 1.29 is 0 Å². The van der Waals surface area contributed by atoms with E-state index in [1.807, 2.05) is 6.92 Å². The lowest BCUT2D eigenvalue weighted by Gasteiger charge is -1.99. The predicted molar refractivity (Wildman–Crippen MR) is 65.1 cm³/mol. The molecule has 0 saturated heterocycles. The molecule has 0 fully saturated rings. The number of pyridine rings is 1. The molecular weight excluding hydrogens is 343 g/mol. The standard InChI is InChI=1S/C9H8BrIN2/c1-5-3-7(10)9-12-6(2)8(11)13(9)4-5/h3-4H,1-2H3. The summed E-state index contributed by atoms with van der Waals surface area (Å²) in [5, 5.41) is 0. The van der Waals surface area contributed by atoms with E-state index >= 15 is 0 Å². The normalized spacial score (nSPS) is 11.1. The molecule has 4 heteroatoms. The SMILES string of the molecule is Cc1cc(Br)c2nc(C)c(I)n2c1. The van der Waals surface area contributed by atoms with Crippen molar-refractivity contribution in [3.63, 3.8) is 0 Å². The second kappa shape index (κ2) is 3.24. The number of aryl methyl sites for hydroxylation is 2. The number of imidazole rings is 1. The minimum absolute atomic E-state index is 0.993. The molecule has 2 heterocycles. The first-order valence-corrected chi connectivity index (χ1v) is 5.77. The topological polar surface area (TPSA) is 17.3 Å². The first kappa shape index (κ1) is 9.45. The Morgan fingerprint density at radius 3 is 2.85 bits per heavy atom. The molecule has 2 nitrogen and oxygen atoms in total. The molecule has 0 aromatic carbocycles. The van der Waals surface area contributed by atoms with Crippen LogP contribution in [-0.2, 0) is 0 Å². The maximum atomic E-state index is 4.46. The van der Waals surface area contributed by atoms with Crippen molar-refractivity contribution in [3.8, 4) is 0 Å². The number of hydrogen-bond acceptors (Lipinski definition) is 1. The summed E-state index contributed by atoms with van der Waals surface area (Å²) in [5.74, 6) is 0. The van der Waals surface area contributed by atoms with Crippen molar-refractivity contribution in [2.24, 2.45) is 0 Å². The van der Waals surface area contributed by atoms with Crippen molar-refractivity contribution in [3.05, 3.63) is 31.7 Å². The van der Waals surface area contributed by atoms with Crippen LogP contribution in [0.2, 0.25) is 0 Å². The lowest BCUT2D eigenvalue weighted by atomic mass is 10.3. The first-order chi connectivity index (χ1) is 6.09. The minimum Gasteiger partial charge on any atom is -0.294 e. The average Bonchev–Trinajstić information content (AvgIpc) is 2.32. The van der Waals surface area contributed by atoms with Crippen LogP contribution in [0.5, 0.6) is 0 Å². The predicted octanol–water partition coefficient (Wildman–Crippen LogP) is 3.32. The highest BCUT2D eigenvalue weighted by Crippen LogP contribution is 2.22. The molecule has 0 atom stereocenters. The van der Waals surface area contributed by atoms with Crippen LogP contribution in [0.3, 0.4) is 0 Å². The molecule has 2 rings (SSSR count). The van der Waals surface area contributed by atoms with E-state index in [0.717, 1.165) is 15.8 Å². The van der Waals surface area contributed by atoms with E-state index in [-0.39, 0.29) is 0 Å². The summed E-state index contributed by atoms with van der Waals surface area (Å²) in [5.41, 5.74) is 3.30. The van der Waals surface area contributed by atoms with Crippen molar-refractivity contribution in [2.75, 3.05) is 0 Å². The number of rotatable bonds is 0. The van der Waals surface area contributed by atoms with Gasteiger partial charge >= 0.3 is 0 Å². The molecule has 0 bridgehead atoms. The minimum atomic E-state index is 0.993. The zero-order valence-electron chi connectivity index (χ0n) is 7.31. The Hall–Kier alpha value is -0.100. The van der Waals surface area contributed by atoms with Gasteiger partial charge in [0.25, 0.3) is 0 Å². The highest BCUT2D eigenvalue weighted by Gasteiger charge is 2.08. The first-order valence-electron chi connectivity index (χ1n) is 3.90. The molecule has 0 saturated carbocycles. The van der Waals surface area contributed by atoms with Gasteiger partial charge in [0, 0.05) is 6.20 Å². The summed E-state index contributed by atoms with van der Waals surface area (Å²) in [6.07, 6.45) is 2.10. The number of fused-ring (bicyclic) bond motifs is 1. The van der Waals surface area contributed by atoms with Crippen molar-refractivity contribution in [1.82, 2.24) is 9.38 Å². The Balaban J connectivity index is 2.94. The molecule has 0 radical (unpaired) electrons. The van der Waals surface area contributed by atoms with Crippen LogP contribution in [0.15, 0.2) is 16.7 Å². The number of aromatic nitrogens is 2. The quantitative estimate of drug-likeness (QED) is 0.666. The number of hydrogen-bond donors (Lipinski definition) is 0. The fourth-order valence-electron chi connectivity index (χ4n) is 1.32. The highest BCUT2D eigenvalue weighted by molar-refractivity contribution is 14.1. The van der Waals surface area contributed by atoms with E-state index in [9.17, 15) is 0 Å². The Labute approximate surface area is 98.6 Å². The maximum Gasteiger partial charge on any atom is 0.152 e. The summed E-state index contributed by atoms with van der Waals surface area (Å²) < 4.78 is 4.34. The molecule has 0 aliphatic heterocycles. The van der Waals surface area contributed by atoms with Gasteiger partial charge in [-0.25, -0.2) is 4.98 Å². The summed E-state index contributed by atoms with van der Waals surface area (Å²) in [7, 11) is 0. The highest BCUT2D eigenvalue weighted by atomic mass is 127. The van der Waals surface area contributed by atoms with Gasteiger partial charge in [-0.15, -0.1) is 0 Å². The molecule has 0 spiro atoms. The van der Waals surface area contributed by atoms with Gasteiger partial charge in [0.1, 0.15) is 3.70 Å². The fraction of sp³-hybridized carbons (Fsp3) is 0.222. The van der Waals surface area contributed by atoms with Crippen LogP contribution in [0.4, 0.5) is 0 Å². The Morgan fingerprint density at radius 2 is 2.15 bits per heavy atom. The number of halogens is 2. The monoisotopic (exact) mass is 350 g/mol. The van der Waals surface area contributed by atoms with E-state index in [4.69, 9.17) is 0 Å². The second-order valence-electron chi connectivity index (χ2n) is 3.05. The summed E-state index contributed by atoms with van der Waals surface area (Å²) in [4.78, 5) is 4.46. The third-order valence-corrected chi connectivity index (χ3v) is 3.80. The van der Waals surface area contributed by atoms with E-state index in [1.54, 1.807) is 0 Å². The third-order valence-electron chi connectivity index (χ3n) is 1.91. The Kier molecular flexibility index (Phi) is 2.35. The third kappa shape index (κ3) is 1.50. The van der Waals surface area contributed by atoms with Crippen LogP contribution in [0, 0.1) is 17.5 Å².